The van der Waals surface area contributed by atoms with E-state index in [1.165, 1.54) is 18.5 Å². The van der Waals surface area contributed by atoms with E-state index in [4.69, 9.17) is 21.8 Å². The topological polar surface area (TPSA) is 92.0 Å². The highest BCUT2D eigenvalue weighted by Crippen LogP contribution is 2.33. The van der Waals surface area contributed by atoms with Crippen molar-refractivity contribution >= 4 is 28.6 Å². The predicted molar refractivity (Wildman–Crippen MR) is 90.5 cm³/mol. The highest BCUT2D eigenvalue weighted by molar-refractivity contribution is 6.32. The van der Waals surface area contributed by atoms with Gasteiger partial charge in [0.05, 0.1) is 16.1 Å². The first-order chi connectivity index (χ1) is 12.8. The fourth-order valence-electron chi connectivity index (χ4n) is 2.54. The molecule has 0 amide bonds. The molecular weight excluding hydrogens is 387 g/mol. The SMILES string of the molecule is Nc1nnc(-c2ccc3ncn(-c4ccc(OC(F)(F)F)c(Cl)c4)c3c2)o1. The van der Waals surface area contributed by atoms with Gasteiger partial charge in [0.2, 0.25) is 5.89 Å². The van der Waals surface area contributed by atoms with Crippen molar-refractivity contribution in [2.45, 2.75) is 6.36 Å². The zero-order valence-electron chi connectivity index (χ0n) is 13.2. The molecule has 0 saturated heterocycles. The van der Waals surface area contributed by atoms with Crippen molar-refractivity contribution in [2.24, 2.45) is 0 Å². The highest BCUT2D eigenvalue weighted by atomic mass is 35.5. The van der Waals surface area contributed by atoms with Crippen molar-refractivity contribution in [3.05, 3.63) is 47.7 Å². The first kappa shape index (κ1) is 17.2. The van der Waals surface area contributed by atoms with Crippen molar-refractivity contribution in [3.63, 3.8) is 0 Å². The fourth-order valence-corrected chi connectivity index (χ4v) is 2.76. The van der Waals surface area contributed by atoms with Crippen LogP contribution in [0.5, 0.6) is 5.75 Å². The van der Waals surface area contributed by atoms with Crippen LogP contribution in [0.15, 0.2) is 47.1 Å². The van der Waals surface area contributed by atoms with Gasteiger partial charge in [-0.15, -0.1) is 18.3 Å². The van der Waals surface area contributed by atoms with Gasteiger partial charge in [0, 0.05) is 11.3 Å². The molecule has 2 heterocycles. The minimum atomic E-state index is -4.83. The van der Waals surface area contributed by atoms with Gasteiger partial charge in [-0.05, 0) is 36.4 Å². The lowest BCUT2D eigenvalue weighted by Crippen LogP contribution is -2.17. The highest BCUT2D eigenvalue weighted by Gasteiger charge is 2.32. The monoisotopic (exact) mass is 395 g/mol. The predicted octanol–water partition coefficient (Wildman–Crippen LogP) is 4.21. The fraction of sp³-hybridized carbons (Fsp3) is 0.0625. The molecule has 27 heavy (non-hydrogen) atoms. The molecule has 7 nitrogen and oxygen atoms in total. The number of aromatic nitrogens is 4. The van der Waals surface area contributed by atoms with E-state index in [1.807, 2.05) is 0 Å². The molecular formula is C16H9ClF3N5O2. The molecule has 0 unspecified atom stereocenters. The number of benzene rings is 2. The number of hydrogen-bond donors (Lipinski definition) is 1. The van der Waals surface area contributed by atoms with Gasteiger partial charge in [-0.1, -0.05) is 16.7 Å². The summed E-state index contributed by atoms with van der Waals surface area (Å²) in [6.45, 7) is 0. The second kappa shape index (κ2) is 6.16. The summed E-state index contributed by atoms with van der Waals surface area (Å²) in [5, 5.41) is 7.24. The molecule has 0 saturated carbocycles. The van der Waals surface area contributed by atoms with E-state index in [-0.39, 0.29) is 16.9 Å². The average molecular weight is 396 g/mol. The number of ether oxygens (including phenoxy) is 1. The average Bonchev–Trinajstić information content (AvgIpc) is 3.21. The summed E-state index contributed by atoms with van der Waals surface area (Å²) in [5.74, 6) is -0.256. The van der Waals surface area contributed by atoms with E-state index >= 15 is 0 Å². The van der Waals surface area contributed by atoms with Crippen LogP contribution in [0.1, 0.15) is 0 Å². The van der Waals surface area contributed by atoms with Crippen LogP contribution in [0, 0.1) is 0 Å². The minimum Gasteiger partial charge on any atom is -0.404 e. The van der Waals surface area contributed by atoms with E-state index in [0.717, 1.165) is 6.07 Å². The largest absolute Gasteiger partial charge is 0.573 e. The third-order valence-corrected chi connectivity index (χ3v) is 3.95. The molecule has 2 aromatic heterocycles. The van der Waals surface area contributed by atoms with E-state index in [9.17, 15) is 13.2 Å². The molecule has 2 aromatic carbocycles. The Hall–Kier alpha value is -3.27. The van der Waals surface area contributed by atoms with Crippen LogP contribution >= 0.6 is 11.6 Å². The van der Waals surface area contributed by atoms with Crippen molar-refractivity contribution < 1.29 is 22.3 Å². The van der Waals surface area contributed by atoms with E-state index < -0.39 is 12.1 Å². The lowest BCUT2D eigenvalue weighted by Gasteiger charge is -2.12. The second-order valence-electron chi connectivity index (χ2n) is 5.43. The number of rotatable bonds is 3. The standard InChI is InChI=1S/C16H9ClF3N5O2/c17-10-6-9(2-4-13(10)27-16(18,19)20)25-7-22-11-3-1-8(5-12(11)25)14-23-24-15(21)26-14/h1-7H,(H2,21,24). The quantitative estimate of drug-likeness (QED) is 0.558. The Balaban J connectivity index is 1.76. The Bertz CT molecular complexity index is 1140. The Kier molecular flexibility index (Phi) is 3.92. The maximum atomic E-state index is 12.4. The van der Waals surface area contributed by atoms with E-state index in [1.54, 1.807) is 22.8 Å². The van der Waals surface area contributed by atoms with Gasteiger partial charge in [0.1, 0.15) is 12.1 Å². The van der Waals surface area contributed by atoms with Gasteiger partial charge < -0.3 is 14.9 Å². The van der Waals surface area contributed by atoms with Crippen LogP contribution in [-0.2, 0) is 0 Å². The molecule has 0 spiro atoms. The summed E-state index contributed by atoms with van der Waals surface area (Å²) in [4.78, 5) is 4.26. The first-order valence-corrected chi connectivity index (χ1v) is 7.80. The van der Waals surface area contributed by atoms with Crippen LogP contribution in [-0.4, -0.2) is 26.1 Å². The van der Waals surface area contributed by atoms with Crippen LogP contribution < -0.4 is 10.5 Å². The molecule has 0 radical (unpaired) electrons. The molecule has 0 atom stereocenters. The third-order valence-electron chi connectivity index (χ3n) is 3.65. The zero-order valence-corrected chi connectivity index (χ0v) is 14.0. The van der Waals surface area contributed by atoms with Crippen LogP contribution in [0.4, 0.5) is 19.2 Å². The molecule has 11 heteroatoms. The lowest BCUT2D eigenvalue weighted by molar-refractivity contribution is -0.274. The third kappa shape index (κ3) is 3.38. The number of imidazole rings is 1. The molecule has 2 N–H and O–H groups in total. The number of nitrogen functional groups attached to an aromatic ring is 1. The van der Waals surface area contributed by atoms with Gasteiger partial charge in [0.25, 0.3) is 0 Å². The maximum absolute atomic E-state index is 12.4. The molecule has 4 rings (SSSR count). The van der Waals surface area contributed by atoms with E-state index in [2.05, 4.69) is 19.9 Å². The van der Waals surface area contributed by atoms with Gasteiger partial charge in [-0.2, -0.15) is 0 Å². The van der Waals surface area contributed by atoms with Crippen molar-refractivity contribution in [1.82, 2.24) is 19.7 Å². The second-order valence-corrected chi connectivity index (χ2v) is 5.83. The van der Waals surface area contributed by atoms with Gasteiger partial charge >= 0.3 is 12.4 Å². The smallest absolute Gasteiger partial charge is 0.404 e. The number of nitrogens with zero attached hydrogens (tertiary/aromatic N) is 4. The van der Waals surface area contributed by atoms with E-state index in [0.29, 0.717) is 22.3 Å². The number of halogens is 4. The first-order valence-electron chi connectivity index (χ1n) is 7.42. The zero-order chi connectivity index (χ0) is 19.2. The van der Waals surface area contributed by atoms with Crippen LogP contribution in [0.25, 0.3) is 28.2 Å². The molecule has 0 fully saturated rings. The van der Waals surface area contributed by atoms with Crippen molar-refractivity contribution in [3.8, 4) is 22.9 Å². The number of nitrogens with two attached hydrogens (primary N) is 1. The molecule has 4 aromatic rings. The number of fused-ring (bicyclic) bond motifs is 1. The molecule has 0 aliphatic heterocycles. The number of alkyl halides is 3. The summed E-state index contributed by atoms with van der Waals surface area (Å²) in [6, 6.07) is 9.07. The van der Waals surface area contributed by atoms with Crippen LogP contribution in [0.3, 0.4) is 0 Å². The Labute approximate surface area is 154 Å². The summed E-state index contributed by atoms with van der Waals surface area (Å²) in [5.41, 5.74) is 7.86. The van der Waals surface area contributed by atoms with Gasteiger partial charge in [-0.3, -0.25) is 4.57 Å². The summed E-state index contributed by atoms with van der Waals surface area (Å²) < 4.78 is 47.9. The Morgan fingerprint density at radius 1 is 1.11 bits per heavy atom. The number of anilines is 1. The lowest BCUT2D eigenvalue weighted by atomic mass is 10.2. The minimum absolute atomic E-state index is 0.0642. The molecule has 138 valence electrons. The molecule has 0 bridgehead atoms. The Morgan fingerprint density at radius 2 is 1.93 bits per heavy atom. The number of hydrogen-bond acceptors (Lipinski definition) is 6. The van der Waals surface area contributed by atoms with Gasteiger partial charge in [-0.25, -0.2) is 4.98 Å². The normalized spacial score (nSPS) is 11.9. The van der Waals surface area contributed by atoms with Crippen molar-refractivity contribution in [1.29, 1.82) is 0 Å². The van der Waals surface area contributed by atoms with Crippen LogP contribution in [0.2, 0.25) is 5.02 Å². The summed E-state index contributed by atoms with van der Waals surface area (Å²) in [6.07, 6.45) is -3.31. The van der Waals surface area contributed by atoms with Crippen molar-refractivity contribution in [2.75, 3.05) is 5.73 Å². The summed E-state index contributed by atoms with van der Waals surface area (Å²) in [7, 11) is 0. The summed E-state index contributed by atoms with van der Waals surface area (Å²) >= 11 is 5.93. The molecule has 0 aliphatic carbocycles. The van der Waals surface area contributed by atoms with Gasteiger partial charge in [0.15, 0.2) is 0 Å². The maximum Gasteiger partial charge on any atom is 0.573 e. The Morgan fingerprint density at radius 3 is 2.59 bits per heavy atom. The molecule has 0 aliphatic rings.